The zero-order valence-electron chi connectivity index (χ0n) is 18.2. The van der Waals surface area contributed by atoms with Crippen LogP contribution in [0.4, 0.5) is 0 Å². The number of ether oxygens (including phenoxy) is 1. The Morgan fingerprint density at radius 3 is 2.74 bits per heavy atom. The highest BCUT2D eigenvalue weighted by Crippen LogP contribution is 2.29. The number of nitrogens with one attached hydrogen (secondary N) is 1. The number of nitrogens with zero attached hydrogens (tertiary/aromatic N) is 5. The maximum absolute atomic E-state index is 6.57. The van der Waals surface area contributed by atoms with Gasteiger partial charge >= 0.3 is 0 Å². The number of rotatable bonds is 5. The maximum atomic E-state index is 6.57. The van der Waals surface area contributed by atoms with Crippen LogP contribution in [0.25, 0.3) is 0 Å². The van der Waals surface area contributed by atoms with Crippen molar-refractivity contribution in [3.8, 4) is 0 Å². The molecule has 31 heavy (non-hydrogen) atoms. The SMILES string of the molecule is CN=C(NCC(c1ccccc1Cl)N1CCOCC1)N1CCC(c2cnn(C)c2)C1.I. The lowest BCUT2D eigenvalue weighted by Gasteiger charge is -2.36. The van der Waals surface area contributed by atoms with Crippen molar-refractivity contribution in [2.75, 3.05) is 53.0 Å². The summed E-state index contributed by atoms with van der Waals surface area (Å²) in [5.74, 6) is 1.45. The molecule has 9 heteroatoms. The fourth-order valence-electron chi connectivity index (χ4n) is 4.47. The first kappa shape index (κ1) is 24.3. The summed E-state index contributed by atoms with van der Waals surface area (Å²) in [4.78, 5) is 9.37. The quantitative estimate of drug-likeness (QED) is 0.347. The number of aliphatic imine (C=N–C) groups is 1. The summed E-state index contributed by atoms with van der Waals surface area (Å²) in [6.07, 6.45) is 5.22. The second kappa shape index (κ2) is 11.5. The molecular formula is C22H32ClIN6O. The molecule has 7 nitrogen and oxygen atoms in total. The van der Waals surface area contributed by atoms with E-state index in [2.05, 4.69) is 43.5 Å². The molecule has 0 bridgehead atoms. The first-order valence-corrected chi connectivity index (χ1v) is 11.0. The summed E-state index contributed by atoms with van der Waals surface area (Å²) in [6, 6.07) is 8.31. The second-order valence-corrected chi connectivity index (χ2v) is 8.40. The molecule has 0 amide bonds. The zero-order chi connectivity index (χ0) is 20.9. The van der Waals surface area contributed by atoms with Crippen molar-refractivity contribution in [3.63, 3.8) is 0 Å². The van der Waals surface area contributed by atoms with Crippen LogP contribution in [0.5, 0.6) is 0 Å². The van der Waals surface area contributed by atoms with Crippen LogP contribution in [-0.2, 0) is 11.8 Å². The molecule has 2 unspecified atom stereocenters. The normalized spacial score (nSPS) is 21.1. The summed E-state index contributed by atoms with van der Waals surface area (Å²) in [5, 5.41) is 8.76. The lowest BCUT2D eigenvalue weighted by atomic mass is 10.0. The number of aromatic nitrogens is 2. The number of likely N-dealkylation sites (tertiary alicyclic amines) is 1. The molecule has 4 rings (SSSR count). The van der Waals surface area contributed by atoms with Crippen LogP contribution in [0.1, 0.15) is 29.5 Å². The minimum atomic E-state index is 0. The predicted octanol–water partition coefficient (Wildman–Crippen LogP) is 3.13. The molecule has 1 aromatic carbocycles. The number of hydrogen-bond acceptors (Lipinski definition) is 4. The van der Waals surface area contributed by atoms with E-state index in [-0.39, 0.29) is 30.0 Å². The number of guanidine groups is 1. The standard InChI is InChI=1S/C22H31ClN6O.HI/c1-24-22(29-8-7-17(16-29)18-13-26-27(2)15-18)25-14-21(28-9-11-30-12-10-28)19-5-3-4-6-20(19)23;/h3-6,13,15,17,21H,7-12,14,16H2,1-2H3,(H,24,25);1H. The Bertz CT molecular complexity index is 869. The highest BCUT2D eigenvalue weighted by molar-refractivity contribution is 14.0. The minimum Gasteiger partial charge on any atom is -0.379 e. The molecule has 2 aromatic rings. The van der Waals surface area contributed by atoms with Crippen molar-refractivity contribution in [1.29, 1.82) is 0 Å². The van der Waals surface area contributed by atoms with Gasteiger partial charge in [-0.05, 0) is 23.6 Å². The van der Waals surface area contributed by atoms with E-state index in [1.807, 2.05) is 37.1 Å². The van der Waals surface area contributed by atoms with E-state index in [9.17, 15) is 0 Å². The molecule has 0 radical (unpaired) electrons. The lowest BCUT2D eigenvalue weighted by molar-refractivity contribution is 0.0169. The topological polar surface area (TPSA) is 57.9 Å². The number of aryl methyl sites for hydroxylation is 1. The molecule has 2 aliphatic rings. The summed E-state index contributed by atoms with van der Waals surface area (Å²) in [6.45, 7) is 6.03. The summed E-state index contributed by atoms with van der Waals surface area (Å²) >= 11 is 6.57. The van der Waals surface area contributed by atoms with Crippen LogP contribution in [0.2, 0.25) is 5.02 Å². The van der Waals surface area contributed by atoms with Crippen molar-refractivity contribution in [2.24, 2.45) is 12.0 Å². The molecule has 2 saturated heterocycles. The van der Waals surface area contributed by atoms with Gasteiger partial charge in [0.15, 0.2) is 5.96 Å². The monoisotopic (exact) mass is 558 g/mol. The van der Waals surface area contributed by atoms with Gasteiger partial charge in [0.1, 0.15) is 0 Å². The van der Waals surface area contributed by atoms with Gasteiger partial charge in [-0.3, -0.25) is 14.6 Å². The smallest absolute Gasteiger partial charge is 0.193 e. The van der Waals surface area contributed by atoms with E-state index in [0.29, 0.717) is 5.92 Å². The number of benzene rings is 1. The third kappa shape index (κ3) is 5.91. The highest BCUT2D eigenvalue weighted by atomic mass is 127. The van der Waals surface area contributed by atoms with Crippen LogP contribution in [0.15, 0.2) is 41.7 Å². The van der Waals surface area contributed by atoms with Crippen molar-refractivity contribution < 1.29 is 4.74 Å². The molecule has 3 heterocycles. The Morgan fingerprint density at radius 2 is 2.06 bits per heavy atom. The van der Waals surface area contributed by atoms with Gasteiger partial charge in [0.05, 0.1) is 25.5 Å². The van der Waals surface area contributed by atoms with Crippen LogP contribution < -0.4 is 5.32 Å². The first-order valence-electron chi connectivity index (χ1n) is 10.7. The third-order valence-electron chi connectivity index (χ3n) is 6.10. The zero-order valence-corrected chi connectivity index (χ0v) is 21.3. The molecule has 0 spiro atoms. The lowest BCUT2D eigenvalue weighted by Crippen LogP contribution is -2.47. The fraction of sp³-hybridized carbons (Fsp3) is 0.545. The van der Waals surface area contributed by atoms with Gasteiger partial charge in [-0.25, -0.2) is 0 Å². The number of morpholine rings is 1. The molecular weight excluding hydrogens is 527 g/mol. The molecule has 2 aliphatic heterocycles. The molecule has 1 aromatic heterocycles. The van der Waals surface area contributed by atoms with Gasteiger partial charge in [-0.1, -0.05) is 29.8 Å². The predicted molar refractivity (Wildman–Crippen MR) is 136 cm³/mol. The maximum Gasteiger partial charge on any atom is 0.193 e. The van der Waals surface area contributed by atoms with E-state index in [1.165, 1.54) is 5.56 Å². The van der Waals surface area contributed by atoms with Crippen molar-refractivity contribution in [3.05, 3.63) is 52.8 Å². The van der Waals surface area contributed by atoms with Crippen LogP contribution in [0.3, 0.4) is 0 Å². The van der Waals surface area contributed by atoms with Gasteiger partial charge in [-0.2, -0.15) is 5.10 Å². The van der Waals surface area contributed by atoms with E-state index in [0.717, 1.165) is 68.9 Å². The van der Waals surface area contributed by atoms with Gasteiger partial charge in [0.2, 0.25) is 0 Å². The van der Waals surface area contributed by atoms with Crippen LogP contribution in [0, 0.1) is 0 Å². The van der Waals surface area contributed by atoms with Crippen LogP contribution in [-0.4, -0.2) is 78.5 Å². The van der Waals surface area contributed by atoms with Crippen molar-refractivity contribution in [2.45, 2.75) is 18.4 Å². The molecule has 1 N–H and O–H groups in total. The molecule has 170 valence electrons. The molecule has 2 atom stereocenters. The Kier molecular flexibility index (Phi) is 9.00. The summed E-state index contributed by atoms with van der Waals surface area (Å²) in [5.41, 5.74) is 2.45. The number of hydrogen-bond donors (Lipinski definition) is 1. The van der Waals surface area contributed by atoms with Crippen molar-refractivity contribution >= 4 is 41.5 Å². The second-order valence-electron chi connectivity index (χ2n) is 7.99. The van der Waals surface area contributed by atoms with Crippen LogP contribution >= 0.6 is 35.6 Å². The fourth-order valence-corrected chi connectivity index (χ4v) is 4.73. The van der Waals surface area contributed by atoms with Crippen molar-refractivity contribution in [1.82, 2.24) is 24.9 Å². The van der Waals surface area contributed by atoms with E-state index >= 15 is 0 Å². The van der Waals surface area contributed by atoms with E-state index in [1.54, 1.807) is 0 Å². The molecule has 0 saturated carbocycles. The Balaban J connectivity index is 0.00000272. The van der Waals surface area contributed by atoms with Gasteiger partial charge in [0.25, 0.3) is 0 Å². The largest absolute Gasteiger partial charge is 0.379 e. The van der Waals surface area contributed by atoms with E-state index < -0.39 is 0 Å². The third-order valence-corrected chi connectivity index (χ3v) is 6.44. The number of halogens is 2. The average Bonchev–Trinajstić information content (AvgIpc) is 3.42. The average molecular weight is 559 g/mol. The van der Waals surface area contributed by atoms with Gasteiger partial charge < -0.3 is 15.0 Å². The molecule has 0 aliphatic carbocycles. The van der Waals surface area contributed by atoms with Gasteiger partial charge in [-0.15, -0.1) is 24.0 Å². The Hall–Kier alpha value is -1.36. The van der Waals surface area contributed by atoms with Gasteiger partial charge in [0, 0.05) is 64.0 Å². The Morgan fingerprint density at radius 1 is 1.29 bits per heavy atom. The summed E-state index contributed by atoms with van der Waals surface area (Å²) in [7, 11) is 3.83. The minimum absolute atomic E-state index is 0. The van der Waals surface area contributed by atoms with E-state index in [4.69, 9.17) is 16.3 Å². The first-order chi connectivity index (χ1) is 14.7. The highest BCUT2D eigenvalue weighted by Gasteiger charge is 2.29. The Labute approximate surface area is 206 Å². The molecule has 2 fully saturated rings. The summed E-state index contributed by atoms with van der Waals surface area (Å²) < 4.78 is 7.44.